The Morgan fingerprint density at radius 3 is 2.69 bits per heavy atom. The summed E-state index contributed by atoms with van der Waals surface area (Å²) >= 11 is 4.85. The third kappa shape index (κ3) is 6.08. The van der Waals surface area contributed by atoms with Gasteiger partial charge in [-0.3, -0.25) is 4.79 Å². The molecule has 0 aliphatic heterocycles. The van der Waals surface area contributed by atoms with Crippen LogP contribution in [0.25, 0.3) is 10.2 Å². The van der Waals surface area contributed by atoms with E-state index in [4.69, 9.17) is 4.74 Å². The van der Waals surface area contributed by atoms with Crippen LogP contribution in [0.5, 0.6) is 0 Å². The zero-order chi connectivity index (χ0) is 20.9. The van der Waals surface area contributed by atoms with Crippen molar-refractivity contribution in [2.45, 2.75) is 18.7 Å². The lowest BCUT2D eigenvalue weighted by molar-refractivity contribution is -0.117. The van der Waals surface area contributed by atoms with Crippen molar-refractivity contribution in [3.63, 3.8) is 0 Å². The van der Waals surface area contributed by atoms with Gasteiger partial charge in [0.05, 0.1) is 28.3 Å². The van der Waals surface area contributed by atoms with Gasteiger partial charge in [0.15, 0.2) is 14.6 Å². The number of ether oxygens (including phenoxy) is 1. The Kier molecular flexibility index (Phi) is 7.39. The van der Waals surface area contributed by atoms with Crippen molar-refractivity contribution in [1.29, 1.82) is 0 Å². The highest BCUT2D eigenvalue weighted by molar-refractivity contribution is 9.10. The SMILES string of the molecule is COCCn1c(=NC(=O)CCS(=O)(=O)Cc2ccccc2)sc2cc(Br)ccc21. The highest BCUT2D eigenvalue weighted by Gasteiger charge is 2.15. The number of rotatable bonds is 8. The maximum atomic E-state index is 12.4. The summed E-state index contributed by atoms with van der Waals surface area (Å²) in [5.74, 6) is -0.747. The maximum absolute atomic E-state index is 12.4. The molecule has 29 heavy (non-hydrogen) atoms. The van der Waals surface area contributed by atoms with E-state index in [1.807, 2.05) is 28.8 Å². The first-order chi connectivity index (χ1) is 13.9. The van der Waals surface area contributed by atoms with E-state index in [9.17, 15) is 13.2 Å². The molecule has 0 bridgehead atoms. The van der Waals surface area contributed by atoms with Crippen LogP contribution >= 0.6 is 27.3 Å². The van der Waals surface area contributed by atoms with Crippen LogP contribution in [0.2, 0.25) is 0 Å². The molecule has 0 fully saturated rings. The molecule has 0 aliphatic carbocycles. The Hall–Kier alpha value is -1.81. The molecule has 0 saturated carbocycles. The molecule has 9 heteroatoms. The minimum absolute atomic E-state index is 0.0775. The Morgan fingerprint density at radius 1 is 1.21 bits per heavy atom. The number of hydrogen-bond acceptors (Lipinski definition) is 5. The lowest BCUT2D eigenvalue weighted by Crippen LogP contribution is -2.20. The maximum Gasteiger partial charge on any atom is 0.249 e. The lowest BCUT2D eigenvalue weighted by Gasteiger charge is -2.05. The van der Waals surface area contributed by atoms with Gasteiger partial charge in [0.25, 0.3) is 0 Å². The highest BCUT2D eigenvalue weighted by atomic mass is 79.9. The molecule has 3 aromatic rings. The minimum atomic E-state index is -3.39. The van der Waals surface area contributed by atoms with Crippen LogP contribution < -0.4 is 4.80 Å². The molecule has 1 heterocycles. The molecule has 154 valence electrons. The Labute approximate surface area is 181 Å². The van der Waals surface area contributed by atoms with Crippen molar-refractivity contribution in [3.8, 4) is 0 Å². The molecule has 0 unspecified atom stereocenters. The van der Waals surface area contributed by atoms with E-state index in [1.165, 1.54) is 11.3 Å². The van der Waals surface area contributed by atoms with Crippen LogP contribution in [0, 0.1) is 0 Å². The van der Waals surface area contributed by atoms with Crippen molar-refractivity contribution >= 4 is 53.2 Å². The second-order valence-electron chi connectivity index (χ2n) is 6.47. The normalized spacial score (nSPS) is 12.6. The van der Waals surface area contributed by atoms with E-state index in [1.54, 1.807) is 31.4 Å². The Bertz CT molecular complexity index is 1170. The van der Waals surface area contributed by atoms with Crippen LogP contribution in [0.3, 0.4) is 0 Å². The standard InChI is InChI=1S/C20H21BrN2O4S2/c1-27-11-10-23-17-8-7-16(21)13-18(17)28-20(23)22-19(24)9-12-29(25,26)14-15-5-3-2-4-6-15/h2-8,13H,9-12,14H2,1H3. The molecule has 0 N–H and O–H groups in total. The number of nitrogens with zero attached hydrogens (tertiary/aromatic N) is 2. The predicted molar refractivity (Wildman–Crippen MR) is 119 cm³/mol. The van der Waals surface area contributed by atoms with Crippen LogP contribution in [0.15, 0.2) is 58.0 Å². The van der Waals surface area contributed by atoms with Gasteiger partial charge < -0.3 is 9.30 Å². The van der Waals surface area contributed by atoms with E-state index >= 15 is 0 Å². The molecule has 0 radical (unpaired) electrons. The monoisotopic (exact) mass is 496 g/mol. The van der Waals surface area contributed by atoms with Crippen molar-refractivity contribution in [2.75, 3.05) is 19.5 Å². The number of thiazole rings is 1. The molecule has 3 rings (SSSR count). The summed E-state index contributed by atoms with van der Waals surface area (Å²) in [6.07, 6.45) is -0.141. The molecule has 1 amide bonds. The summed E-state index contributed by atoms with van der Waals surface area (Å²) in [7, 11) is -1.77. The molecule has 6 nitrogen and oxygen atoms in total. The number of carbonyl (C=O) groups is 1. The van der Waals surface area contributed by atoms with E-state index in [2.05, 4.69) is 20.9 Å². The van der Waals surface area contributed by atoms with Gasteiger partial charge in [-0.25, -0.2) is 8.42 Å². The van der Waals surface area contributed by atoms with Gasteiger partial charge in [0.1, 0.15) is 0 Å². The molecular weight excluding hydrogens is 476 g/mol. The molecule has 1 aromatic heterocycles. The summed E-state index contributed by atoms with van der Waals surface area (Å²) in [6, 6.07) is 14.8. The first kappa shape index (κ1) is 21.9. The fourth-order valence-corrected chi connectivity index (χ4v) is 5.79. The predicted octanol–water partition coefficient (Wildman–Crippen LogP) is 3.54. The van der Waals surface area contributed by atoms with Crippen molar-refractivity contribution in [3.05, 3.63) is 63.4 Å². The van der Waals surface area contributed by atoms with Gasteiger partial charge in [-0.1, -0.05) is 57.6 Å². The van der Waals surface area contributed by atoms with Gasteiger partial charge in [0, 0.05) is 24.5 Å². The number of hydrogen-bond donors (Lipinski definition) is 0. The molecule has 0 aliphatic rings. The number of fused-ring (bicyclic) bond motifs is 1. The van der Waals surface area contributed by atoms with Crippen molar-refractivity contribution in [2.24, 2.45) is 4.99 Å². The van der Waals surface area contributed by atoms with Gasteiger partial charge >= 0.3 is 0 Å². The van der Waals surface area contributed by atoms with E-state index < -0.39 is 15.7 Å². The first-order valence-corrected chi connectivity index (χ1v) is 12.4. The minimum Gasteiger partial charge on any atom is -0.383 e. The fraction of sp³-hybridized carbons (Fsp3) is 0.300. The van der Waals surface area contributed by atoms with Crippen molar-refractivity contribution in [1.82, 2.24) is 4.57 Å². The molecule has 2 aromatic carbocycles. The van der Waals surface area contributed by atoms with Crippen molar-refractivity contribution < 1.29 is 17.9 Å². The second kappa shape index (κ2) is 9.80. The van der Waals surface area contributed by atoms with Gasteiger partial charge in [0.2, 0.25) is 5.91 Å². The number of carbonyl (C=O) groups excluding carboxylic acids is 1. The van der Waals surface area contributed by atoms with Gasteiger partial charge in [-0.15, -0.1) is 0 Å². The van der Waals surface area contributed by atoms with Crippen LogP contribution in [0.4, 0.5) is 0 Å². The number of benzene rings is 2. The largest absolute Gasteiger partial charge is 0.383 e. The van der Waals surface area contributed by atoms with E-state index in [0.29, 0.717) is 23.5 Å². The van der Waals surface area contributed by atoms with E-state index in [0.717, 1.165) is 14.7 Å². The molecule has 0 saturated heterocycles. The molecular formula is C20H21BrN2O4S2. The zero-order valence-corrected chi connectivity index (χ0v) is 19.1. The second-order valence-corrected chi connectivity index (χ2v) is 10.6. The number of aromatic nitrogens is 1. The average Bonchev–Trinajstić information content (AvgIpc) is 3.01. The van der Waals surface area contributed by atoms with Gasteiger partial charge in [-0.2, -0.15) is 4.99 Å². The third-order valence-electron chi connectivity index (χ3n) is 4.24. The number of methoxy groups -OCH3 is 1. The summed E-state index contributed by atoms with van der Waals surface area (Å²) < 4.78 is 33.7. The highest BCUT2D eigenvalue weighted by Crippen LogP contribution is 2.22. The fourth-order valence-electron chi connectivity index (χ4n) is 2.84. The lowest BCUT2D eigenvalue weighted by atomic mass is 10.2. The topological polar surface area (TPSA) is 77.7 Å². The van der Waals surface area contributed by atoms with Gasteiger partial charge in [-0.05, 0) is 23.8 Å². The Balaban J connectivity index is 1.78. The summed E-state index contributed by atoms with van der Waals surface area (Å²) in [5, 5.41) is 0. The summed E-state index contributed by atoms with van der Waals surface area (Å²) in [6.45, 7) is 1.03. The smallest absolute Gasteiger partial charge is 0.249 e. The molecule has 0 atom stereocenters. The molecule has 0 spiro atoms. The third-order valence-corrected chi connectivity index (χ3v) is 7.37. The van der Waals surface area contributed by atoms with Crippen LogP contribution in [-0.4, -0.2) is 38.4 Å². The Morgan fingerprint density at radius 2 is 1.97 bits per heavy atom. The number of amides is 1. The summed E-state index contributed by atoms with van der Waals surface area (Å²) in [5.41, 5.74) is 1.67. The van der Waals surface area contributed by atoms with Crippen LogP contribution in [-0.2, 0) is 31.7 Å². The average molecular weight is 497 g/mol. The number of halogens is 1. The first-order valence-electron chi connectivity index (χ1n) is 8.98. The quantitative estimate of drug-likeness (QED) is 0.477. The van der Waals surface area contributed by atoms with Crippen LogP contribution in [0.1, 0.15) is 12.0 Å². The van der Waals surface area contributed by atoms with E-state index in [-0.39, 0.29) is 17.9 Å². The zero-order valence-electron chi connectivity index (χ0n) is 15.9. The number of sulfone groups is 1. The summed E-state index contributed by atoms with van der Waals surface area (Å²) in [4.78, 5) is 17.1.